The Kier molecular flexibility index (Phi) is 1.95. The average Bonchev–Trinajstić information content (AvgIpc) is 2.41. The van der Waals surface area contributed by atoms with Crippen LogP contribution in [0, 0.1) is 6.92 Å². The molecule has 2 heteroatoms. The highest BCUT2D eigenvalue weighted by Crippen LogP contribution is 2.27. The fourth-order valence-corrected chi connectivity index (χ4v) is 1.70. The van der Waals surface area contributed by atoms with Crippen LogP contribution in [-0.4, -0.2) is 10.4 Å². The van der Waals surface area contributed by atoms with E-state index in [1.54, 1.807) is 0 Å². The summed E-state index contributed by atoms with van der Waals surface area (Å²) in [6.45, 7) is 9.60. The minimum absolute atomic E-state index is 0.180. The molecule has 2 nitrogen and oxygen atoms in total. The molecule has 0 aliphatic carbocycles. The van der Waals surface area contributed by atoms with Gasteiger partial charge in [0.1, 0.15) is 11.5 Å². The normalized spacial score (nSPS) is 15.9. The topological polar surface area (TPSA) is 16.4 Å². The van der Waals surface area contributed by atoms with Gasteiger partial charge in [0.05, 0.1) is 0 Å². The van der Waals surface area contributed by atoms with Crippen LogP contribution in [0.2, 0.25) is 0 Å². The summed E-state index contributed by atoms with van der Waals surface area (Å²) in [5.74, 6) is 2.01. The van der Waals surface area contributed by atoms with Gasteiger partial charge >= 0.3 is 0 Å². The lowest BCUT2D eigenvalue weighted by Crippen LogP contribution is -2.37. The van der Waals surface area contributed by atoms with Crippen molar-refractivity contribution in [3.8, 4) is 0 Å². The summed E-state index contributed by atoms with van der Waals surface area (Å²) in [4.78, 5) is 2.32. The van der Waals surface area contributed by atoms with Crippen molar-refractivity contribution in [1.29, 1.82) is 0 Å². The van der Waals surface area contributed by atoms with Gasteiger partial charge in [-0.15, -0.1) is 0 Å². The highest BCUT2D eigenvalue weighted by Gasteiger charge is 2.23. The highest BCUT2D eigenvalue weighted by molar-refractivity contribution is 5.50. The van der Waals surface area contributed by atoms with Crippen LogP contribution in [-0.2, 0) is 6.54 Å². The van der Waals surface area contributed by atoms with Crippen molar-refractivity contribution in [3.05, 3.63) is 29.4 Å². The van der Waals surface area contributed by atoms with Gasteiger partial charge in [-0.1, -0.05) is 0 Å². The van der Waals surface area contributed by atoms with Gasteiger partial charge in [0.2, 0.25) is 0 Å². The zero-order valence-electron chi connectivity index (χ0n) is 9.29. The van der Waals surface area contributed by atoms with E-state index < -0.39 is 0 Å². The van der Waals surface area contributed by atoms with Gasteiger partial charge in [0.25, 0.3) is 0 Å². The number of hydrogen-bond donors (Lipinski definition) is 0. The van der Waals surface area contributed by atoms with Crippen molar-refractivity contribution >= 4 is 6.08 Å². The number of fused-ring (bicyclic) bond motifs is 1. The van der Waals surface area contributed by atoms with E-state index in [0.717, 1.165) is 18.1 Å². The molecule has 1 aliphatic heterocycles. The summed E-state index contributed by atoms with van der Waals surface area (Å²) >= 11 is 0. The van der Waals surface area contributed by atoms with E-state index in [9.17, 15) is 0 Å². The summed E-state index contributed by atoms with van der Waals surface area (Å²) < 4.78 is 5.55. The predicted octanol–water partition coefficient (Wildman–Crippen LogP) is 3.17. The Balaban J connectivity index is 2.29. The van der Waals surface area contributed by atoms with Crippen LogP contribution in [0.4, 0.5) is 0 Å². The monoisotopic (exact) mass is 191 g/mol. The van der Waals surface area contributed by atoms with Gasteiger partial charge in [-0.3, -0.25) is 0 Å². The molecule has 0 atom stereocenters. The molecule has 0 aromatic carbocycles. The molecule has 2 rings (SSSR count). The third-order valence-electron chi connectivity index (χ3n) is 2.57. The maximum absolute atomic E-state index is 5.55. The Bertz CT molecular complexity index is 368. The molecular formula is C12H17NO. The van der Waals surface area contributed by atoms with E-state index >= 15 is 0 Å². The summed E-state index contributed by atoms with van der Waals surface area (Å²) in [5, 5.41) is 0. The van der Waals surface area contributed by atoms with Gasteiger partial charge in [-0.25, -0.2) is 0 Å². The van der Waals surface area contributed by atoms with E-state index in [1.165, 1.54) is 5.56 Å². The summed E-state index contributed by atoms with van der Waals surface area (Å²) in [6, 6.07) is 2.12. The van der Waals surface area contributed by atoms with Crippen LogP contribution >= 0.6 is 0 Å². The van der Waals surface area contributed by atoms with Crippen LogP contribution in [0.1, 0.15) is 37.9 Å². The molecule has 14 heavy (non-hydrogen) atoms. The van der Waals surface area contributed by atoms with Gasteiger partial charge in [0.15, 0.2) is 0 Å². The van der Waals surface area contributed by atoms with Crippen molar-refractivity contribution in [1.82, 2.24) is 4.90 Å². The second-order valence-electron chi connectivity index (χ2n) is 4.86. The number of aryl methyl sites for hydroxylation is 1. The van der Waals surface area contributed by atoms with Crippen LogP contribution in [0.3, 0.4) is 0 Å². The predicted molar refractivity (Wildman–Crippen MR) is 57.8 cm³/mol. The minimum Gasteiger partial charge on any atom is -0.462 e. The Hall–Kier alpha value is -1.18. The van der Waals surface area contributed by atoms with E-state index in [4.69, 9.17) is 4.42 Å². The van der Waals surface area contributed by atoms with Gasteiger partial charge in [-0.05, 0) is 39.8 Å². The molecule has 1 aromatic rings. The van der Waals surface area contributed by atoms with Crippen molar-refractivity contribution in [2.24, 2.45) is 0 Å². The van der Waals surface area contributed by atoms with E-state index in [2.05, 4.69) is 44.0 Å². The largest absolute Gasteiger partial charge is 0.462 e. The molecule has 0 fully saturated rings. The van der Waals surface area contributed by atoms with Crippen molar-refractivity contribution < 1.29 is 4.42 Å². The number of nitrogens with zero attached hydrogens (tertiary/aromatic N) is 1. The van der Waals surface area contributed by atoms with E-state index in [0.29, 0.717) is 0 Å². The molecule has 0 radical (unpaired) electrons. The number of hydrogen-bond acceptors (Lipinski definition) is 2. The summed E-state index contributed by atoms with van der Waals surface area (Å²) in [6.07, 6.45) is 4.17. The molecule has 1 aromatic heterocycles. The minimum atomic E-state index is 0.180. The maximum Gasteiger partial charge on any atom is 0.133 e. The zero-order chi connectivity index (χ0) is 10.3. The molecule has 1 aliphatic rings. The molecule has 0 amide bonds. The molecule has 0 unspecified atom stereocenters. The first-order chi connectivity index (χ1) is 6.47. The standard InChI is InChI=1S/C12H17NO/c1-9-7-10-8-13(12(2,3)4)6-5-11(10)14-9/h5-7H,8H2,1-4H3. The fraction of sp³-hybridized carbons (Fsp3) is 0.500. The van der Waals surface area contributed by atoms with Crippen LogP contribution in [0.25, 0.3) is 6.08 Å². The molecule has 0 bridgehead atoms. The van der Waals surface area contributed by atoms with Gasteiger partial charge in [0, 0.05) is 23.8 Å². The average molecular weight is 191 g/mol. The van der Waals surface area contributed by atoms with Gasteiger partial charge < -0.3 is 9.32 Å². The summed E-state index contributed by atoms with van der Waals surface area (Å²) in [5.41, 5.74) is 1.47. The third-order valence-corrected chi connectivity index (χ3v) is 2.57. The lowest BCUT2D eigenvalue weighted by atomic mass is 10.0. The molecule has 0 saturated carbocycles. The first-order valence-corrected chi connectivity index (χ1v) is 5.01. The molecule has 0 saturated heterocycles. The lowest BCUT2D eigenvalue weighted by molar-refractivity contribution is 0.195. The van der Waals surface area contributed by atoms with Crippen LogP contribution < -0.4 is 0 Å². The third kappa shape index (κ3) is 1.57. The van der Waals surface area contributed by atoms with Gasteiger partial charge in [-0.2, -0.15) is 0 Å². The quantitative estimate of drug-likeness (QED) is 0.626. The van der Waals surface area contributed by atoms with Crippen LogP contribution in [0.15, 0.2) is 16.7 Å². The van der Waals surface area contributed by atoms with Crippen LogP contribution in [0.5, 0.6) is 0 Å². The first-order valence-electron chi connectivity index (χ1n) is 5.01. The molecule has 2 heterocycles. The highest BCUT2D eigenvalue weighted by atomic mass is 16.3. The molecule has 0 N–H and O–H groups in total. The Labute approximate surface area is 85.2 Å². The van der Waals surface area contributed by atoms with E-state index in [-0.39, 0.29) is 5.54 Å². The molecule has 0 spiro atoms. The molecular weight excluding hydrogens is 174 g/mol. The van der Waals surface area contributed by atoms with Crippen molar-refractivity contribution in [3.63, 3.8) is 0 Å². The number of furan rings is 1. The second kappa shape index (κ2) is 2.91. The smallest absolute Gasteiger partial charge is 0.133 e. The Morgan fingerprint density at radius 3 is 2.71 bits per heavy atom. The Morgan fingerprint density at radius 1 is 1.36 bits per heavy atom. The lowest BCUT2D eigenvalue weighted by Gasteiger charge is -2.36. The second-order valence-corrected chi connectivity index (χ2v) is 4.86. The van der Waals surface area contributed by atoms with E-state index in [1.807, 2.05) is 6.92 Å². The summed E-state index contributed by atoms with van der Waals surface area (Å²) in [7, 11) is 0. The Morgan fingerprint density at radius 2 is 2.07 bits per heavy atom. The zero-order valence-corrected chi connectivity index (χ0v) is 9.29. The van der Waals surface area contributed by atoms with Crippen molar-refractivity contribution in [2.45, 2.75) is 39.8 Å². The molecule has 76 valence electrons. The SMILES string of the molecule is Cc1cc2c(o1)C=CN(C(C)(C)C)C2. The number of rotatable bonds is 0. The maximum atomic E-state index is 5.55. The first kappa shape index (κ1) is 9.38. The van der Waals surface area contributed by atoms with Crippen molar-refractivity contribution in [2.75, 3.05) is 0 Å². The fourth-order valence-electron chi connectivity index (χ4n) is 1.70.